The van der Waals surface area contributed by atoms with Crippen LogP contribution in [-0.4, -0.2) is 17.8 Å². The van der Waals surface area contributed by atoms with Crippen molar-refractivity contribution in [2.24, 2.45) is 0 Å². The topological polar surface area (TPSA) is 32.3 Å². The van der Waals surface area contributed by atoms with Gasteiger partial charge in [0.05, 0.1) is 6.10 Å². The standard InChI is InChI=1S/C10H11BrF3NO/c1-5(16)3-15-4-6-7(11)2-8(12)10(14)9(6)13/h2,5,15-16H,3-4H2,1H3/t5-/m1/s1. The summed E-state index contributed by atoms with van der Waals surface area (Å²) >= 11 is 2.95. The van der Waals surface area contributed by atoms with E-state index in [2.05, 4.69) is 21.2 Å². The second kappa shape index (κ2) is 5.65. The van der Waals surface area contributed by atoms with Gasteiger partial charge in [-0.3, -0.25) is 0 Å². The lowest BCUT2D eigenvalue weighted by Crippen LogP contribution is -2.24. The molecule has 1 atom stereocenters. The highest BCUT2D eigenvalue weighted by Gasteiger charge is 2.17. The predicted molar refractivity (Wildman–Crippen MR) is 57.4 cm³/mol. The van der Waals surface area contributed by atoms with E-state index in [1.165, 1.54) is 0 Å². The van der Waals surface area contributed by atoms with Crippen molar-refractivity contribution in [3.05, 3.63) is 33.6 Å². The number of hydrogen-bond donors (Lipinski definition) is 2. The molecular formula is C10H11BrF3NO. The molecule has 0 spiro atoms. The first kappa shape index (κ1) is 13.5. The summed E-state index contributed by atoms with van der Waals surface area (Å²) in [6, 6.07) is 0.873. The molecule has 0 aromatic heterocycles. The number of rotatable bonds is 4. The number of aliphatic hydroxyl groups excluding tert-OH is 1. The van der Waals surface area contributed by atoms with E-state index < -0.39 is 23.6 Å². The lowest BCUT2D eigenvalue weighted by molar-refractivity contribution is 0.190. The van der Waals surface area contributed by atoms with Crippen molar-refractivity contribution in [3.8, 4) is 0 Å². The van der Waals surface area contributed by atoms with Crippen LogP contribution in [0, 0.1) is 17.5 Å². The van der Waals surface area contributed by atoms with Gasteiger partial charge in [0, 0.05) is 23.1 Å². The van der Waals surface area contributed by atoms with Gasteiger partial charge in [0.25, 0.3) is 0 Å². The largest absolute Gasteiger partial charge is 0.392 e. The maximum atomic E-state index is 13.3. The number of benzene rings is 1. The van der Waals surface area contributed by atoms with Crippen molar-refractivity contribution in [1.82, 2.24) is 5.32 Å². The SMILES string of the molecule is C[C@@H](O)CNCc1c(Br)cc(F)c(F)c1F. The Hall–Kier alpha value is -0.590. The van der Waals surface area contributed by atoms with Gasteiger partial charge in [-0.15, -0.1) is 0 Å². The van der Waals surface area contributed by atoms with Gasteiger partial charge in [-0.1, -0.05) is 15.9 Å². The van der Waals surface area contributed by atoms with E-state index in [4.69, 9.17) is 5.11 Å². The van der Waals surface area contributed by atoms with Crippen LogP contribution in [0.25, 0.3) is 0 Å². The normalized spacial score (nSPS) is 12.9. The molecule has 0 heterocycles. The highest BCUT2D eigenvalue weighted by atomic mass is 79.9. The Balaban J connectivity index is 2.84. The molecule has 1 aromatic carbocycles. The fraction of sp³-hybridized carbons (Fsp3) is 0.400. The number of nitrogens with one attached hydrogen (secondary N) is 1. The smallest absolute Gasteiger partial charge is 0.194 e. The van der Waals surface area contributed by atoms with Crippen molar-refractivity contribution in [1.29, 1.82) is 0 Å². The fourth-order valence-corrected chi connectivity index (χ4v) is 1.69. The molecule has 0 radical (unpaired) electrons. The molecule has 6 heteroatoms. The molecule has 0 aliphatic heterocycles. The Morgan fingerprint density at radius 2 is 2.00 bits per heavy atom. The van der Waals surface area contributed by atoms with Crippen LogP contribution in [0.1, 0.15) is 12.5 Å². The molecule has 0 aliphatic rings. The van der Waals surface area contributed by atoms with Crippen LogP contribution in [0.5, 0.6) is 0 Å². The third-order valence-electron chi connectivity index (χ3n) is 1.95. The van der Waals surface area contributed by atoms with Gasteiger partial charge in [-0.05, 0) is 13.0 Å². The molecule has 2 nitrogen and oxygen atoms in total. The molecule has 1 aromatic rings. The minimum atomic E-state index is -1.49. The van der Waals surface area contributed by atoms with E-state index in [0.29, 0.717) is 0 Å². The van der Waals surface area contributed by atoms with Crippen molar-refractivity contribution < 1.29 is 18.3 Å². The lowest BCUT2D eigenvalue weighted by Gasteiger charge is -2.10. The van der Waals surface area contributed by atoms with Crippen LogP contribution < -0.4 is 5.32 Å². The summed E-state index contributed by atoms with van der Waals surface area (Å²) < 4.78 is 39.1. The maximum absolute atomic E-state index is 13.3. The van der Waals surface area contributed by atoms with Crippen LogP contribution in [0.3, 0.4) is 0 Å². The Bertz CT molecular complexity index is 385. The molecule has 1 rings (SSSR count). The first-order chi connectivity index (χ1) is 7.43. The monoisotopic (exact) mass is 297 g/mol. The highest BCUT2D eigenvalue weighted by molar-refractivity contribution is 9.10. The van der Waals surface area contributed by atoms with E-state index >= 15 is 0 Å². The van der Waals surface area contributed by atoms with Gasteiger partial charge in [0.15, 0.2) is 17.5 Å². The van der Waals surface area contributed by atoms with Gasteiger partial charge in [0.2, 0.25) is 0 Å². The van der Waals surface area contributed by atoms with Crippen LogP contribution >= 0.6 is 15.9 Å². The van der Waals surface area contributed by atoms with Crippen LogP contribution in [0.15, 0.2) is 10.5 Å². The van der Waals surface area contributed by atoms with Crippen LogP contribution in [0.4, 0.5) is 13.2 Å². The van der Waals surface area contributed by atoms with E-state index in [0.717, 1.165) is 6.07 Å². The maximum Gasteiger partial charge on any atom is 0.194 e. The van der Waals surface area contributed by atoms with Gasteiger partial charge in [0.1, 0.15) is 0 Å². The minimum absolute atomic E-state index is 0.000417. The van der Waals surface area contributed by atoms with Crippen LogP contribution in [0.2, 0.25) is 0 Å². The summed E-state index contributed by atoms with van der Waals surface area (Å²) in [5, 5.41) is 11.7. The molecule has 0 amide bonds. The molecule has 0 saturated carbocycles. The Morgan fingerprint density at radius 1 is 1.38 bits per heavy atom. The van der Waals surface area contributed by atoms with Gasteiger partial charge < -0.3 is 10.4 Å². The highest BCUT2D eigenvalue weighted by Crippen LogP contribution is 2.24. The van der Waals surface area contributed by atoms with Gasteiger partial charge in [-0.2, -0.15) is 0 Å². The Kier molecular flexibility index (Phi) is 4.76. The van der Waals surface area contributed by atoms with E-state index in [1.54, 1.807) is 6.92 Å². The zero-order chi connectivity index (χ0) is 12.3. The van der Waals surface area contributed by atoms with E-state index in [1.807, 2.05) is 0 Å². The first-order valence-electron chi connectivity index (χ1n) is 4.64. The Morgan fingerprint density at radius 3 is 2.56 bits per heavy atom. The average molecular weight is 298 g/mol. The summed E-state index contributed by atoms with van der Waals surface area (Å²) in [7, 11) is 0. The summed E-state index contributed by atoms with van der Waals surface area (Å²) in [5.74, 6) is -3.94. The zero-order valence-corrected chi connectivity index (χ0v) is 10.1. The van der Waals surface area contributed by atoms with Crippen LogP contribution in [-0.2, 0) is 6.54 Å². The summed E-state index contributed by atoms with van der Waals surface area (Å²) in [4.78, 5) is 0. The van der Waals surface area contributed by atoms with Gasteiger partial charge >= 0.3 is 0 Å². The zero-order valence-electron chi connectivity index (χ0n) is 8.53. The summed E-state index contributed by atoms with van der Waals surface area (Å²) in [6.45, 7) is 1.81. The molecule has 0 bridgehead atoms. The molecule has 0 saturated heterocycles. The second-order valence-corrected chi connectivity index (χ2v) is 4.28. The van der Waals surface area contributed by atoms with Crippen molar-refractivity contribution in [3.63, 3.8) is 0 Å². The predicted octanol–water partition coefficient (Wildman–Crippen LogP) is 2.34. The average Bonchev–Trinajstić information content (AvgIpc) is 2.19. The summed E-state index contributed by atoms with van der Waals surface area (Å²) in [5.41, 5.74) is -0.000417. The summed E-state index contributed by atoms with van der Waals surface area (Å²) in [6.07, 6.45) is -0.591. The van der Waals surface area contributed by atoms with Gasteiger partial charge in [-0.25, -0.2) is 13.2 Å². The molecule has 2 N–H and O–H groups in total. The third-order valence-corrected chi connectivity index (χ3v) is 2.66. The molecule has 0 aliphatic carbocycles. The molecule has 0 fully saturated rings. The molecule has 90 valence electrons. The second-order valence-electron chi connectivity index (χ2n) is 3.43. The first-order valence-corrected chi connectivity index (χ1v) is 5.43. The number of hydrogen-bond acceptors (Lipinski definition) is 2. The molecule has 16 heavy (non-hydrogen) atoms. The van der Waals surface area contributed by atoms with Crippen molar-refractivity contribution >= 4 is 15.9 Å². The minimum Gasteiger partial charge on any atom is -0.392 e. The fourth-order valence-electron chi connectivity index (χ4n) is 1.17. The molecule has 0 unspecified atom stereocenters. The van der Waals surface area contributed by atoms with E-state index in [-0.39, 0.29) is 23.1 Å². The Labute approximate surface area is 99.6 Å². The van der Waals surface area contributed by atoms with E-state index in [9.17, 15) is 13.2 Å². The number of aliphatic hydroxyl groups is 1. The third kappa shape index (κ3) is 3.20. The lowest BCUT2D eigenvalue weighted by atomic mass is 10.2. The quantitative estimate of drug-likeness (QED) is 0.660. The van der Waals surface area contributed by atoms with Crippen molar-refractivity contribution in [2.45, 2.75) is 19.6 Å². The molecular weight excluding hydrogens is 287 g/mol. The number of halogens is 4. The van der Waals surface area contributed by atoms with Crippen molar-refractivity contribution in [2.75, 3.05) is 6.54 Å².